The van der Waals surface area contributed by atoms with E-state index in [1.807, 2.05) is 13.0 Å². The van der Waals surface area contributed by atoms with Crippen LogP contribution in [0.5, 0.6) is 0 Å². The predicted octanol–water partition coefficient (Wildman–Crippen LogP) is 3.03. The third-order valence-corrected chi connectivity index (χ3v) is 4.33. The number of carboxylic acid groups (broad SMARTS) is 1. The summed E-state index contributed by atoms with van der Waals surface area (Å²) in [5.74, 6) is -0.858. The number of carbonyl (C=O) groups is 2. The third-order valence-electron chi connectivity index (χ3n) is 4.33. The van der Waals surface area contributed by atoms with E-state index >= 15 is 0 Å². The second-order valence-electron chi connectivity index (χ2n) is 6.08. The van der Waals surface area contributed by atoms with Crippen LogP contribution in [0.15, 0.2) is 24.3 Å². The lowest BCUT2D eigenvalue weighted by Gasteiger charge is -2.32. The normalized spacial score (nSPS) is 17.3. The molecule has 120 valence electrons. The Balaban J connectivity index is 1.84. The lowest BCUT2D eigenvalue weighted by Crippen LogP contribution is -2.39. The van der Waals surface area contributed by atoms with Crippen molar-refractivity contribution in [1.82, 2.24) is 4.90 Å². The zero-order valence-corrected chi connectivity index (χ0v) is 12.8. The fraction of sp³-hybridized carbons (Fsp3) is 0.529. The first kappa shape index (κ1) is 16.5. The summed E-state index contributed by atoms with van der Waals surface area (Å²) in [6.45, 7) is 3.16. The van der Waals surface area contributed by atoms with Crippen molar-refractivity contribution in [2.45, 2.75) is 38.5 Å². The molecule has 1 unspecified atom stereocenters. The highest BCUT2D eigenvalue weighted by atomic mass is 19.1. The van der Waals surface area contributed by atoms with E-state index in [1.165, 1.54) is 12.1 Å². The molecule has 2 rings (SSSR count). The molecule has 1 aliphatic heterocycles. The van der Waals surface area contributed by atoms with Crippen LogP contribution in [-0.4, -0.2) is 35.0 Å². The molecule has 1 atom stereocenters. The van der Waals surface area contributed by atoms with Gasteiger partial charge in [-0.05, 0) is 42.4 Å². The average molecular weight is 307 g/mol. The van der Waals surface area contributed by atoms with Gasteiger partial charge in [-0.1, -0.05) is 19.1 Å². The quantitative estimate of drug-likeness (QED) is 0.909. The van der Waals surface area contributed by atoms with Crippen LogP contribution in [0, 0.1) is 11.7 Å². The Labute approximate surface area is 129 Å². The summed E-state index contributed by atoms with van der Waals surface area (Å²) in [5.41, 5.74) is 0.828. The van der Waals surface area contributed by atoms with E-state index in [9.17, 15) is 14.0 Å². The number of aliphatic carboxylic acids is 1. The second-order valence-corrected chi connectivity index (χ2v) is 6.08. The van der Waals surface area contributed by atoms with Crippen molar-refractivity contribution in [1.29, 1.82) is 0 Å². The van der Waals surface area contributed by atoms with Crippen molar-refractivity contribution in [2.75, 3.05) is 13.1 Å². The lowest BCUT2D eigenvalue weighted by atomic mass is 9.92. The Morgan fingerprint density at radius 1 is 1.36 bits per heavy atom. The summed E-state index contributed by atoms with van der Waals surface area (Å²) in [6, 6.07) is 6.35. The Kier molecular flexibility index (Phi) is 5.52. The van der Waals surface area contributed by atoms with Gasteiger partial charge < -0.3 is 10.0 Å². The number of nitrogens with zero attached hydrogens (tertiary/aromatic N) is 1. The number of hydrogen-bond acceptors (Lipinski definition) is 2. The predicted molar refractivity (Wildman–Crippen MR) is 81.0 cm³/mol. The average Bonchev–Trinajstić information content (AvgIpc) is 2.47. The molecule has 1 fully saturated rings. The smallest absolute Gasteiger partial charge is 0.303 e. The highest BCUT2D eigenvalue weighted by Crippen LogP contribution is 2.24. The van der Waals surface area contributed by atoms with Gasteiger partial charge in [-0.25, -0.2) is 4.39 Å². The van der Waals surface area contributed by atoms with Crippen molar-refractivity contribution in [3.8, 4) is 0 Å². The zero-order chi connectivity index (χ0) is 16.1. The maximum Gasteiger partial charge on any atom is 0.303 e. The van der Waals surface area contributed by atoms with Gasteiger partial charge in [0.2, 0.25) is 5.91 Å². The van der Waals surface area contributed by atoms with E-state index in [0.717, 1.165) is 18.4 Å². The molecule has 0 saturated carbocycles. The van der Waals surface area contributed by atoms with E-state index < -0.39 is 5.97 Å². The molecule has 1 aliphatic rings. The fourth-order valence-corrected chi connectivity index (χ4v) is 2.96. The summed E-state index contributed by atoms with van der Waals surface area (Å²) < 4.78 is 13.2. The minimum atomic E-state index is -0.774. The van der Waals surface area contributed by atoms with Crippen LogP contribution in [0.1, 0.15) is 44.1 Å². The van der Waals surface area contributed by atoms with E-state index in [-0.39, 0.29) is 30.0 Å². The fourth-order valence-electron chi connectivity index (χ4n) is 2.96. The van der Waals surface area contributed by atoms with E-state index in [0.29, 0.717) is 19.5 Å². The molecule has 0 spiro atoms. The first-order valence-corrected chi connectivity index (χ1v) is 7.70. The van der Waals surface area contributed by atoms with Gasteiger partial charge in [0.25, 0.3) is 0 Å². The first-order chi connectivity index (χ1) is 10.5. The molecule has 0 bridgehead atoms. The molecule has 1 saturated heterocycles. The van der Waals surface area contributed by atoms with Crippen molar-refractivity contribution in [3.63, 3.8) is 0 Å². The third kappa shape index (κ3) is 4.55. The van der Waals surface area contributed by atoms with Crippen molar-refractivity contribution in [2.24, 2.45) is 5.92 Å². The molecule has 4 nitrogen and oxygen atoms in total. The van der Waals surface area contributed by atoms with Crippen LogP contribution in [0.25, 0.3) is 0 Å². The maximum atomic E-state index is 13.2. The van der Waals surface area contributed by atoms with Crippen LogP contribution in [0.4, 0.5) is 4.39 Å². The highest BCUT2D eigenvalue weighted by molar-refractivity contribution is 5.77. The van der Waals surface area contributed by atoms with Gasteiger partial charge in [-0.3, -0.25) is 9.59 Å². The largest absolute Gasteiger partial charge is 0.481 e. The number of carboxylic acids is 1. The van der Waals surface area contributed by atoms with Crippen LogP contribution in [-0.2, 0) is 9.59 Å². The van der Waals surface area contributed by atoms with Crippen molar-refractivity contribution >= 4 is 11.9 Å². The SMILES string of the molecule is CC(CC(=O)N1CCC(CC(=O)O)CC1)c1cccc(F)c1. The number of carbonyl (C=O) groups excluding carboxylic acids is 1. The first-order valence-electron chi connectivity index (χ1n) is 7.70. The molecule has 0 aliphatic carbocycles. The standard InChI is InChI=1S/C17H22FNO3/c1-12(14-3-2-4-15(18)11-14)9-16(20)19-7-5-13(6-8-19)10-17(21)22/h2-4,11-13H,5-10H2,1H3,(H,21,22). The van der Waals surface area contributed by atoms with Crippen molar-refractivity contribution in [3.05, 3.63) is 35.6 Å². The number of likely N-dealkylation sites (tertiary alicyclic amines) is 1. The molecule has 0 radical (unpaired) electrons. The van der Waals surface area contributed by atoms with Gasteiger partial charge in [0, 0.05) is 25.9 Å². The van der Waals surface area contributed by atoms with E-state index in [1.54, 1.807) is 11.0 Å². The van der Waals surface area contributed by atoms with Crippen molar-refractivity contribution < 1.29 is 19.1 Å². The Morgan fingerprint density at radius 3 is 2.64 bits per heavy atom. The minimum Gasteiger partial charge on any atom is -0.481 e. The van der Waals surface area contributed by atoms with Gasteiger partial charge in [0.15, 0.2) is 0 Å². The molecule has 1 amide bonds. The van der Waals surface area contributed by atoms with Gasteiger partial charge in [-0.2, -0.15) is 0 Å². The Hall–Kier alpha value is -1.91. The molecule has 1 aromatic rings. The minimum absolute atomic E-state index is 0.0278. The topological polar surface area (TPSA) is 57.6 Å². The van der Waals surface area contributed by atoms with Gasteiger partial charge in [0.05, 0.1) is 0 Å². The van der Waals surface area contributed by atoms with Crippen LogP contribution in [0.3, 0.4) is 0 Å². The Bertz CT molecular complexity index is 538. The molecular formula is C17H22FNO3. The summed E-state index contributed by atoms with van der Waals surface area (Å²) >= 11 is 0. The van der Waals surface area contributed by atoms with Crippen LogP contribution < -0.4 is 0 Å². The summed E-state index contributed by atoms with van der Waals surface area (Å²) in [6.07, 6.45) is 2.02. The molecule has 5 heteroatoms. The van der Waals surface area contributed by atoms with Gasteiger partial charge in [0.1, 0.15) is 5.82 Å². The lowest BCUT2D eigenvalue weighted by molar-refractivity contribution is -0.138. The van der Waals surface area contributed by atoms with E-state index in [4.69, 9.17) is 5.11 Å². The summed E-state index contributed by atoms with van der Waals surface area (Å²) in [5, 5.41) is 8.80. The van der Waals surface area contributed by atoms with Crippen LogP contribution in [0.2, 0.25) is 0 Å². The number of piperidine rings is 1. The highest BCUT2D eigenvalue weighted by Gasteiger charge is 2.25. The van der Waals surface area contributed by atoms with Gasteiger partial charge >= 0.3 is 5.97 Å². The zero-order valence-electron chi connectivity index (χ0n) is 12.8. The number of benzene rings is 1. The number of hydrogen-bond donors (Lipinski definition) is 1. The molecule has 22 heavy (non-hydrogen) atoms. The van der Waals surface area contributed by atoms with E-state index in [2.05, 4.69) is 0 Å². The summed E-state index contributed by atoms with van der Waals surface area (Å²) in [4.78, 5) is 24.8. The molecule has 1 heterocycles. The molecule has 0 aromatic heterocycles. The maximum absolute atomic E-state index is 13.2. The summed E-state index contributed by atoms with van der Waals surface area (Å²) in [7, 11) is 0. The molecule has 1 aromatic carbocycles. The monoisotopic (exact) mass is 307 g/mol. The second kappa shape index (κ2) is 7.38. The molecule has 1 N–H and O–H groups in total. The number of halogens is 1. The van der Waals surface area contributed by atoms with Gasteiger partial charge in [-0.15, -0.1) is 0 Å². The Morgan fingerprint density at radius 2 is 2.05 bits per heavy atom. The number of amides is 1. The van der Waals surface area contributed by atoms with Crippen LogP contribution >= 0.6 is 0 Å². The molecular weight excluding hydrogens is 285 g/mol. The number of rotatable bonds is 5.